The number of aromatic nitrogens is 2. The molecule has 0 fully saturated rings. The number of nitrogens with one attached hydrogen (secondary N) is 1. The Labute approximate surface area is 79.1 Å². The van der Waals surface area contributed by atoms with Crippen molar-refractivity contribution in [1.29, 1.82) is 0 Å². The molecule has 0 saturated heterocycles. The molecule has 5 heteroatoms. The zero-order valence-electron chi connectivity index (χ0n) is 6.75. The van der Waals surface area contributed by atoms with Crippen LogP contribution in [0.1, 0.15) is 10.5 Å². The Hall–Kier alpha value is -0.840. The van der Waals surface area contributed by atoms with Gasteiger partial charge in [-0.3, -0.25) is 9.48 Å². The van der Waals surface area contributed by atoms with Gasteiger partial charge in [-0.2, -0.15) is 5.10 Å². The molecule has 0 aliphatic carbocycles. The van der Waals surface area contributed by atoms with Crippen molar-refractivity contribution in [1.82, 2.24) is 15.1 Å². The minimum Gasteiger partial charge on any atom is -0.354 e. The number of carbonyl (C=O) groups excluding carboxylic acids is 1. The molecule has 1 aromatic rings. The topological polar surface area (TPSA) is 46.9 Å². The van der Waals surface area contributed by atoms with Gasteiger partial charge >= 0.3 is 0 Å². The average molecular weight is 232 g/mol. The molecule has 1 rings (SSSR count). The number of halogens is 1. The van der Waals surface area contributed by atoms with Gasteiger partial charge < -0.3 is 5.32 Å². The number of carbonyl (C=O) groups is 1. The second-order valence-electron chi connectivity index (χ2n) is 2.23. The Morgan fingerprint density at radius 3 is 3.17 bits per heavy atom. The van der Waals surface area contributed by atoms with Crippen LogP contribution in [0.4, 0.5) is 0 Å². The van der Waals surface area contributed by atoms with Gasteiger partial charge in [0, 0.05) is 18.6 Å². The van der Waals surface area contributed by atoms with Gasteiger partial charge in [0.05, 0.1) is 6.54 Å². The molecule has 0 saturated carbocycles. The second-order valence-corrected chi connectivity index (χ2v) is 3.03. The lowest BCUT2D eigenvalue weighted by atomic mass is 10.4. The van der Waals surface area contributed by atoms with Gasteiger partial charge in [-0.1, -0.05) is 15.9 Å². The zero-order valence-corrected chi connectivity index (χ0v) is 8.34. The Balaban J connectivity index is 2.70. The molecule has 0 bridgehead atoms. The van der Waals surface area contributed by atoms with Crippen LogP contribution in [0.25, 0.3) is 0 Å². The lowest BCUT2D eigenvalue weighted by molar-refractivity contribution is 0.0957. The van der Waals surface area contributed by atoms with Gasteiger partial charge in [-0.15, -0.1) is 0 Å². The largest absolute Gasteiger partial charge is 0.354 e. The van der Waals surface area contributed by atoms with Gasteiger partial charge in [-0.05, 0) is 6.07 Å². The summed E-state index contributed by atoms with van der Waals surface area (Å²) in [4.78, 5) is 11.0. The fourth-order valence-corrected chi connectivity index (χ4v) is 1.19. The molecule has 0 unspecified atom stereocenters. The van der Waals surface area contributed by atoms with Crippen molar-refractivity contribution < 1.29 is 4.79 Å². The second kappa shape index (κ2) is 4.25. The minimum atomic E-state index is -0.150. The number of nitrogens with zero attached hydrogens (tertiary/aromatic N) is 2. The molecule has 66 valence electrons. The standard InChI is InChI=1S/C7H10BrN3O/c1-9-7(12)6-2-4-11(10-6)5-3-8/h2,4H,3,5H2,1H3,(H,9,12). The van der Waals surface area contributed by atoms with Crippen molar-refractivity contribution in [3.05, 3.63) is 18.0 Å². The molecular weight excluding hydrogens is 222 g/mol. The summed E-state index contributed by atoms with van der Waals surface area (Å²) in [6.07, 6.45) is 1.78. The summed E-state index contributed by atoms with van der Waals surface area (Å²) >= 11 is 3.29. The lowest BCUT2D eigenvalue weighted by Crippen LogP contribution is -2.18. The monoisotopic (exact) mass is 231 g/mol. The summed E-state index contributed by atoms with van der Waals surface area (Å²) in [5.74, 6) is -0.150. The van der Waals surface area contributed by atoms with E-state index in [1.54, 1.807) is 24.0 Å². The summed E-state index contributed by atoms with van der Waals surface area (Å²) < 4.78 is 1.72. The number of hydrogen-bond donors (Lipinski definition) is 1. The van der Waals surface area contributed by atoms with Crippen LogP contribution < -0.4 is 5.32 Å². The maximum Gasteiger partial charge on any atom is 0.271 e. The van der Waals surface area contributed by atoms with E-state index in [2.05, 4.69) is 26.3 Å². The molecule has 0 aliphatic rings. The number of rotatable bonds is 3. The summed E-state index contributed by atoms with van der Waals surface area (Å²) in [5, 5.41) is 7.39. The number of hydrogen-bond acceptors (Lipinski definition) is 2. The van der Waals surface area contributed by atoms with E-state index in [-0.39, 0.29) is 5.91 Å². The molecule has 0 radical (unpaired) electrons. The summed E-state index contributed by atoms with van der Waals surface area (Å²) in [7, 11) is 1.59. The van der Waals surface area contributed by atoms with E-state index >= 15 is 0 Å². The molecule has 12 heavy (non-hydrogen) atoms. The predicted molar refractivity (Wildman–Crippen MR) is 49.4 cm³/mol. The third kappa shape index (κ3) is 2.07. The quantitative estimate of drug-likeness (QED) is 0.777. The average Bonchev–Trinajstić information content (AvgIpc) is 2.52. The number of alkyl halides is 1. The molecule has 1 N–H and O–H groups in total. The molecule has 0 spiro atoms. The summed E-state index contributed by atoms with van der Waals surface area (Å²) in [5.41, 5.74) is 0.457. The van der Waals surface area contributed by atoms with E-state index in [1.807, 2.05) is 0 Å². The van der Waals surface area contributed by atoms with E-state index in [0.717, 1.165) is 11.9 Å². The van der Waals surface area contributed by atoms with Crippen molar-refractivity contribution in [2.45, 2.75) is 6.54 Å². The minimum absolute atomic E-state index is 0.150. The Morgan fingerprint density at radius 1 is 1.83 bits per heavy atom. The highest BCUT2D eigenvalue weighted by Gasteiger charge is 2.05. The third-order valence-corrected chi connectivity index (χ3v) is 1.77. The Bertz CT molecular complexity index is 271. The van der Waals surface area contributed by atoms with Crippen molar-refractivity contribution in [3.8, 4) is 0 Å². The maximum absolute atomic E-state index is 11.0. The van der Waals surface area contributed by atoms with Crippen LogP contribution in [0.15, 0.2) is 12.3 Å². The van der Waals surface area contributed by atoms with Crippen LogP contribution in [-0.4, -0.2) is 28.1 Å². The van der Waals surface area contributed by atoms with Gasteiger partial charge in [0.1, 0.15) is 5.69 Å². The summed E-state index contributed by atoms with van der Waals surface area (Å²) in [6.45, 7) is 0.775. The summed E-state index contributed by atoms with van der Waals surface area (Å²) in [6, 6.07) is 1.70. The highest BCUT2D eigenvalue weighted by Crippen LogP contribution is 1.96. The highest BCUT2D eigenvalue weighted by molar-refractivity contribution is 9.09. The number of amides is 1. The molecule has 1 aromatic heterocycles. The zero-order chi connectivity index (χ0) is 8.97. The van der Waals surface area contributed by atoms with Crippen LogP contribution in [0.3, 0.4) is 0 Å². The Kier molecular flexibility index (Phi) is 3.28. The fourth-order valence-electron chi connectivity index (χ4n) is 0.822. The van der Waals surface area contributed by atoms with Crippen molar-refractivity contribution in [3.63, 3.8) is 0 Å². The normalized spacial score (nSPS) is 9.83. The highest BCUT2D eigenvalue weighted by atomic mass is 79.9. The van der Waals surface area contributed by atoms with Gasteiger partial charge in [0.2, 0.25) is 0 Å². The van der Waals surface area contributed by atoms with Gasteiger partial charge in [0.15, 0.2) is 0 Å². The molecule has 1 heterocycles. The van der Waals surface area contributed by atoms with E-state index in [0.29, 0.717) is 5.69 Å². The van der Waals surface area contributed by atoms with E-state index in [9.17, 15) is 4.79 Å². The Morgan fingerprint density at radius 2 is 2.58 bits per heavy atom. The smallest absolute Gasteiger partial charge is 0.271 e. The van der Waals surface area contributed by atoms with Crippen LogP contribution in [0.2, 0.25) is 0 Å². The first kappa shape index (κ1) is 9.25. The molecular formula is C7H10BrN3O. The van der Waals surface area contributed by atoms with E-state index < -0.39 is 0 Å². The van der Waals surface area contributed by atoms with E-state index in [1.165, 1.54) is 0 Å². The first-order valence-corrected chi connectivity index (χ1v) is 4.71. The van der Waals surface area contributed by atoms with Crippen LogP contribution in [-0.2, 0) is 6.54 Å². The lowest BCUT2D eigenvalue weighted by Gasteiger charge is -1.95. The fraction of sp³-hybridized carbons (Fsp3) is 0.429. The molecule has 4 nitrogen and oxygen atoms in total. The molecule has 0 aliphatic heterocycles. The predicted octanol–water partition coefficient (Wildman–Crippen LogP) is 0.638. The van der Waals surface area contributed by atoms with Crippen molar-refractivity contribution in [2.75, 3.05) is 12.4 Å². The SMILES string of the molecule is CNC(=O)c1ccn(CCBr)n1. The third-order valence-electron chi connectivity index (χ3n) is 1.41. The van der Waals surface area contributed by atoms with Crippen LogP contribution in [0.5, 0.6) is 0 Å². The first-order valence-electron chi connectivity index (χ1n) is 3.59. The van der Waals surface area contributed by atoms with Crippen LogP contribution in [0, 0.1) is 0 Å². The van der Waals surface area contributed by atoms with Crippen molar-refractivity contribution >= 4 is 21.8 Å². The van der Waals surface area contributed by atoms with Crippen LogP contribution >= 0.6 is 15.9 Å². The first-order chi connectivity index (χ1) is 5.77. The van der Waals surface area contributed by atoms with E-state index in [4.69, 9.17) is 0 Å². The molecule has 1 amide bonds. The molecule has 0 atom stereocenters. The van der Waals surface area contributed by atoms with Crippen molar-refractivity contribution in [2.24, 2.45) is 0 Å². The number of aryl methyl sites for hydroxylation is 1. The molecule has 0 aromatic carbocycles. The van der Waals surface area contributed by atoms with Gasteiger partial charge in [0.25, 0.3) is 5.91 Å². The van der Waals surface area contributed by atoms with Gasteiger partial charge in [-0.25, -0.2) is 0 Å². The maximum atomic E-state index is 11.0.